The summed E-state index contributed by atoms with van der Waals surface area (Å²) in [6.45, 7) is 0.662. The van der Waals surface area contributed by atoms with Crippen molar-refractivity contribution in [3.05, 3.63) is 34.8 Å². The Bertz CT molecular complexity index is 458. The molecule has 0 amide bonds. The first-order valence-electron chi connectivity index (χ1n) is 4.75. The number of aromatic nitrogens is 2. The van der Waals surface area contributed by atoms with Crippen molar-refractivity contribution in [2.45, 2.75) is 6.54 Å². The van der Waals surface area contributed by atoms with Crippen LogP contribution < -0.4 is 10.6 Å². The second-order valence-electron chi connectivity index (χ2n) is 3.13. The van der Waals surface area contributed by atoms with Crippen molar-refractivity contribution in [1.29, 1.82) is 0 Å². The molecule has 0 radical (unpaired) electrons. The lowest BCUT2D eigenvalue weighted by molar-refractivity contribution is 0.564. The van der Waals surface area contributed by atoms with Gasteiger partial charge in [-0.2, -0.15) is 4.98 Å². The molecule has 0 spiro atoms. The maximum absolute atomic E-state index is 4.98. The van der Waals surface area contributed by atoms with E-state index in [-0.39, 0.29) is 0 Å². The van der Waals surface area contributed by atoms with Gasteiger partial charge in [0, 0.05) is 25.4 Å². The van der Waals surface area contributed by atoms with E-state index in [1.807, 2.05) is 6.07 Å². The van der Waals surface area contributed by atoms with E-state index in [2.05, 4.69) is 36.5 Å². The summed E-state index contributed by atoms with van der Waals surface area (Å²) >= 11 is 3.39. The van der Waals surface area contributed by atoms with Crippen LogP contribution in [0.15, 0.2) is 33.7 Å². The van der Waals surface area contributed by atoms with Crippen LogP contribution in [0, 0.1) is 0 Å². The summed E-state index contributed by atoms with van der Waals surface area (Å²) in [4.78, 5) is 8.35. The Balaban J connectivity index is 2.08. The Labute approximate surface area is 101 Å². The smallest absolute Gasteiger partial charge is 0.224 e. The van der Waals surface area contributed by atoms with Gasteiger partial charge < -0.3 is 15.1 Å². The normalized spacial score (nSPS) is 10.1. The first kappa shape index (κ1) is 10.9. The number of nitrogens with zero attached hydrogens (tertiary/aromatic N) is 2. The zero-order valence-corrected chi connectivity index (χ0v) is 10.3. The molecule has 6 heteroatoms. The van der Waals surface area contributed by atoms with Crippen LogP contribution in [0.3, 0.4) is 0 Å². The lowest BCUT2D eigenvalue weighted by Gasteiger charge is -2.07. The largest absolute Gasteiger partial charge is 0.472 e. The average molecular weight is 283 g/mol. The molecule has 84 valence electrons. The molecular weight excluding hydrogens is 272 g/mol. The minimum absolute atomic E-state index is 0.581. The molecule has 0 aromatic carbocycles. The second kappa shape index (κ2) is 4.98. The van der Waals surface area contributed by atoms with Crippen molar-refractivity contribution in [2.75, 3.05) is 17.7 Å². The topological polar surface area (TPSA) is 63.0 Å². The van der Waals surface area contributed by atoms with Gasteiger partial charge in [0.15, 0.2) is 0 Å². The molecule has 16 heavy (non-hydrogen) atoms. The van der Waals surface area contributed by atoms with Gasteiger partial charge in [-0.3, -0.25) is 0 Å². The van der Waals surface area contributed by atoms with Crippen molar-refractivity contribution in [3.8, 4) is 0 Å². The minimum Gasteiger partial charge on any atom is -0.472 e. The molecule has 5 nitrogen and oxygen atoms in total. The van der Waals surface area contributed by atoms with Gasteiger partial charge in [-0.1, -0.05) is 0 Å². The van der Waals surface area contributed by atoms with Gasteiger partial charge >= 0.3 is 0 Å². The highest BCUT2D eigenvalue weighted by atomic mass is 79.9. The first-order chi connectivity index (χ1) is 7.79. The van der Waals surface area contributed by atoms with Crippen LogP contribution in [0.4, 0.5) is 11.8 Å². The summed E-state index contributed by atoms with van der Waals surface area (Å²) in [6.07, 6.45) is 5.04. The Morgan fingerprint density at radius 1 is 1.50 bits per heavy atom. The van der Waals surface area contributed by atoms with E-state index >= 15 is 0 Å². The molecule has 0 bridgehead atoms. The highest BCUT2D eigenvalue weighted by Gasteiger charge is 2.04. The Hall–Kier alpha value is -1.56. The molecule has 2 N–H and O–H groups in total. The number of hydrogen-bond donors (Lipinski definition) is 2. The third kappa shape index (κ3) is 2.52. The Kier molecular flexibility index (Phi) is 3.40. The first-order valence-corrected chi connectivity index (χ1v) is 5.54. The van der Waals surface area contributed by atoms with Crippen molar-refractivity contribution in [2.24, 2.45) is 0 Å². The highest BCUT2D eigenvalue weighted by Crippen LogP contribution is 2.20. The summed E-state index contributed by atoms with van der Waals surface area (Å²) in [6, 6.07) is 1.90. The number of rotatable bonds is 4. The van der Waals surface area contributed by atoms with Gasteiger partial charge in [-0.25, -0.2) is 4.98 Å². The fourth-order valence-electron chi connectivity index (χ4n) is 1.19. The monoisotopic (exact) mass is 282 g/mol. The summed E-state index contributed by atoms with van der Waals surface area (Å²) in [5.41, 5.74) is 1.07. The Morgan fingerprint density at radius 3 is 3.06 bits per heavy atom. The fraction of sp³-hybridized carbons (Fsp3) is 0.200. The van der Waals surface area contributed by atoms with E-state index in [0.29, 0.717) is 12.5 Å². The van der Waals surface area contributed by atoms with Crippen LogP contribution in [0.1, 0.15) is 5.56 Å². The van der Waals surface area contributed by atoms with Gasteiger partial charge in [0.1, 0.15) is 5.82 Å². The zero-order valence-electron chi connectivity index (χ0n) is 8.70. The van der Waals surface area contributed by atoms with Gasteiger partial charge in [0.2, 0.25) is 5.95 Å². The van der Waals surface area contributed by atoms with Crippen LogP contribution >= 0.6 is 15.9 Å². The van der Waals surface area contributed by atoms with E-state index in [1.54, 1.807) is 25.8 Å². The summed E-state index contributed by atoms with van der Waals surface area (Å²) in [7, 11) is 1.78. The summed E-state index contributed by atoms with van der Waals surface area (Å²) in [5.74, 6) is 1.33. The third-order valence-electron chi connectivity index (χ3n) is 2.01. The van der Waals surface area contributed by atoms with Gasteiger partial charge in [-0.05, 0) is 22.0 Å². The van der Waals surface area contributed by atoms with Crippen LogP contribution in [-0.4, -0.2) is 17.0 Å². The van der Waals surface area contributed by atoms with Crippen molar-refractivity contribution >= 4 is 27.7 Å². The van der Waals surface area contributed by atoms with Crippen molar-refractivity contribution in [3.63, 3.8) is 0 Å². The molecule has 2 aromatic heterocycles. The fourth-order valence-corrected chi connectivity index (χ4v) is 1.52. The summed E-state index contributed by atoms with van der Waals surface area (Å²) < 4.78 is 5.81. The number of furan rings is 1. The van der Waals surface area contributed by atoms with E-state index in [4.69, 9.17) is 4.42 Å². The quantitative estimate of drug-likeness (QED) is 0.902. The minimum atomic E-state index is 0.581. The maximum Gasteiger partial charge on any atom is 0.224 e. The lowest BCUT2D eigenvalue weighted by atomic mass is 10.3. The molecule has 0 aliphatic heterocycles. The van der Waals surface area contributed by atoms with E-state index in [9.17, 15) is 0 Å². The lowest BCUT2D eigenvalue weighted by Crippen LogP contribution is -2.04. The van der Waals surface area contributed by atoms with Gasteiger partial charge in [0.25, 0.3) is 0 Å². The number of halogens is 1. The summed E-state index contributed by atoms with van der Waals surface area (Å²) in [5, 5.41) is 6.08. The average Bonchev–Trinajstić information content (AvgIpc) is 2.81. The maximum atomic E-state index is 4.98. The van der Waals surface area contributed by atoms with Crippen molar-refractivity contribution < 1.29 is 4.42 Å². The molecule has 0 unspecified atom stereocenters. The Morgan fingerprint density at radius 2 is 2.38 bits per heavy atom. The number of nitrogens with one attached hydrogen (secondary N) is 2. The standard InChI is InChI=1S/C10H11BrN4O/c1-12-10-14-5-8(11)9(15-10)13-4-7-2-3-16-6-7/h2-3,5-6H,4H2,1H3,(H2,12,13,14,15). The molecule has 0 saturated heterocycles. The SMILES string of the molecule is CNc1ncc(Br)c(NCc2ccoc2)n1. The third-order valence-corrected chi connectivity index (χ3v) is 2.59. The second-order valence-corrected chi connectivity index (χ2v) is 3.98. The molecule has 0 atom stereocenters. The number of anilines is 2. The van der Waals surface area contributed by atoms with Crippen molar-refractivity contribution in [1.82, 2.24) is 9.97 Å². The molecule has 0 aliphatic carbocycles. The predicted octanol–water partition coefficient (Wildman–Crippen LogP) is 2.49. The molecule has 2 heterocycles. The predicted molar refractivity (Wildman–Crippen MR) is 65.3 cm³/mol. The molecule has 2 rings (SSSR count). The molecular formula is C10H11BrN4O. The van der Waals surface area contributed by atoms with E-state index in [1.165, 1.54) is 0 Å². The van der Waals surface area contributed by atoms with Crippen LogP contribution in [0.5, 0.6) is 0 Å². The highest BCUT2D eigenvalue weighted by molar-refractivity contribution is 9.10. The van der Waals surface area contributed by atoms with Crippen LogP contribution in [-0.2, 0) is 6.54 Å². The van der Waals surface area contributed by atoms with Gasteiger partial charge in [-0.15, -0.1) is 0 Å². The van der Waals surface area contributed by atoms with Crippen LogP contribution in [0.25, 0.3) is 0 Å². The molecule has 0 saturated carbocycles. The van der Waals surface area contributed by atoms with Crippen LogP contribution in [0.2, 0.25) is 0 Å². The number of hydrogen-bond acceptors (Lipinski definition) is 5. The molecule has 2 aromatic rings. The molecule has 0 fully saturated rings. The van der Waals surface area contributed by atoms with E-state index in [0.717, 1.165) is 15.9 Å². The van der Waals surface area contributed by atoms with E-state index < -0.39 is 0 Å². The zero-order chi connectivity index (χ0) is 11.4. The van der Waals surface area contributed by atoms with Gasteiger partial charge in [0.05, 0.1) is 17.0 Å². The molecule has 0 aliphatic rings.